The first-order chi connectivity index (χ1) is 5.22. The molecule has 0 aromatic carbocycles. The summed E-state index contributed by atoms with van der Waals surface area (Å²) in [7, 11) is 0. The molecule has 1 amide bonds. The van der Waals surface area contributed by atoms with Crippen LogP contribution in [0.5, 0.6) is 0 Å². The first kappa shape index (κ1) is 8.31. The Bertz CT molecular complexity index is 159. The van der Waals surface area contributed by atoms with Gasteiger partial charge in [0.05, 0.1) is 0 Å². The average molecular weight is 153 g/mol. The second-order valence-electron chi connectivity index (χ2n) is 3.39. The Morgan fingerprint density at radius 2 is 2.36 bits per heavy atom. The molecule has 0 aliphatic heterocycles. The molecule has 1 rings (SSSR count). The monoisotopic (exact) mass is 153 g/mol. The Hall–Kier alpha value is -0.790. The van der Waals surface area contributed by atoms with Gasteiger partial charge in [0.2, 0.25) is 5.91 Å². The number of amides is 1. The number of hydrogen-bond acceptors (Lipinski definition) is 1. The highest BCUT2D eigenvalue weighted by Gasteiger charge is 2.24. The normalized spacial score (nSPS) is 28.8. The molecule has 1 aliphatic carbocycles. The van der Waals surface area contributed by atoms with Crippen LogP contribution in [0.2, 0.25) is 0 Å². The van der Waals surface area contributed by atoms with Crippen LogP contribution < -0.4 is 5.32 Å². The number of nitrogens with one attached hydrogen (secondary N) is 1. The van der Waals surface area contributed by atoms with Gasteiger partial charge in [-0.3, -0.25) is 4.79 Å². The van der Waals surface area contributed by atoms with E-state index in [4.69, 9.17) is 0 Å². The molecule has 62 valence electrons. The highest BCUT2D eigenvalue weighted by Crippen LogP contribution is 2.32. The minimum absolute atomic E-state index is 0.0513. The van der Waals surface area contributed by atoms with Gasteiger partial charge in [0.25, 0.3) is 0 Å². The smallest absolute Gasteiger partial charge is 0.243 e. The van der Waals surface area contributed by atoms with Crippen LogP contribution in [0.25, 0.3) is 0 Å². The molecule has 1 fully saturated rings. The maximum atomic E-state index is 10.7. The lowest BCUT2D eigenvalue weighted by Crippen LogP contribution is -2.34. The number of hydrogen-bond donors (Lipinski definition) is 1. The van der Waals surface area contributed by atoms with E-state index in [9.17, 15) is 4.79 Å². The van der Waals surface area contributed by atoms with Gasteiger partial charge in [0.1, 0.15) is 0 Å². The van der Waals surface area contributed by atoms with Gasteiger partial charge in [0.15, 0.2) is 0 Å². The zero-order valence-electron chi connectivity index (χ0n) is 6.97. The first-order valence-corrected chi connectivity index (χ1v) is 4.12. The van der Waals surface area contributed by atoms with Crippen LogP contribution in [0.15, 0.2) is 12.7 Å². The molecule has 2 heteroatoms. The average Bonchev–Trinajstić information content (AvgIpc) is 1.95. The molecule has 1 N–H and O–H groups in total. The summed E-state index contributed by atoms with van der Waals surface area (Å²) in [6, 6.07) is 0. The zero-order chi connectivity index (χ0) is 8.27. The van der Waals surface area contributed by atoms with E-state index in [1.165, 1.54) is 18.9 Å². The molecule has 0 bridgehead atoms. The minimum Gasteiger partial charge on any atom is -0.352 e. The molecular formula is C9H15NO. The van der Waals surface area contributed by atoms with Crippen molar-refractivity contribution in [1.29, 1.82) is 0 Å². The number of rotatable bonds is 3. The van der Waals surface area contributed by atoms with Gasteiger partial charge in [-0.1, -0.05) is 13.5 Å². The van der Waals surface area contributed by atoms with E-state index in [0.717, 1.165) is 12.5 Å². The molecule has 11 heavy (non-hydrogen) atoms. The molecule has 1 saturated carbocycles. The van der Waals surface area contributed by atoms with E-state index in [0.29, 0.717) is 5.92 Å². The van der Waals surface area contributed by atoms with Gasteiger partial charge in [-0.15, -0.1) is 0 Å². The summed E-state index contributed by atoms with van der Waals surface area (Å²) in [5.74, 6) is 1.53. The van der Waals surface area contributed by atoms with E-state index in [2.05, 4.69) is 18.8 Å². The van der Waals surface area contributed by atoms with Crippen molar-refractivity contribution in [2.45, 2.75) is 19.8 Å². The molecular weight excluding hydrogens is 138 g/mol. The summed E-state index contributed by atoms with van der Waals surface area (Å²) < 4.78 is 0. The predicted molar refractivity (Wildman–Crippen MR) is 45.1 cm³/mol. The van der Waals surface area contributed by atoms with Crippen LogP contribution in [-0.4, -0.2) is 12.5 Å². The SMILES string of the molecule is C=CC(=O)NCC1CC(C)C1. The lowest BCUT2D eigenvalue weighted by Gasteiger charge is -2.32. The fraction of sp³-hybridized carbons (Fsp3) is 0.667. The topological polar surface area (TPSA) is 29.1 Å². The Balaban J connectivity index is 2.04. The first-order valence-electron chi connectivity index (χ1n) is 4.12. The van der Waals surface area contributed by atoms with Crippen molar-refractivity contribution in [3.8, 4) is 0 Å². The van der Waals surface area contributed by atoms with E-state index >= 15 is 0 Å². The van der Waals surface area contributed by atoms with E-state index in [1.54, 1.807) is 0 Å². The molecule has 2 nitrogen and oxygen atoms in total. The summed E-state index contributed by atoms with van der Waals surface area (Å²) in [4.78, 5) is 10.7. The summed E-state index contributed by atoms with van der Waals surface area (Å²) in [6.07, 6.45) is 3.84. The van der Waals surface area contributed by atoms with Gasteiger partial charge < -0.3 is 5.32 Å². The molecule has 0 radical (unpaired) electrons. The van der Waals surface area contributed by atoms with Crippen molar-refractivity contribution in [3.63, 3.8) is 0 Å². The molecule has 0 aromatic heterocycles. The van der Waals surface area contributed by atoms with Crippen molar-refractivity contribution >= 4 is 5.91 Å². The Morgan fingerprint density at radius 3 is 2.82 bits per heavy atom. The van der Waals surface area contributed by atoms with E-state index in [-0.39, 0.29) is 5.91 Å². The fourth-order valence-electron chi connectivity index (χ4n) is 1.55. The van der Waals surface area contributed by atoms with Crippen molar-refractivity contribution in [1.82, 2.24) is 5.32 Å². The molecule has 0 heterocycles. The van der Waals surface area contributed by atoms with Crippen molar-refractivity contribution in [3.05, 3.63) is 12.7 Å². The lowest BCUT2D eigenvalue weighted by atomic mass is 9.76. The summed E-state index contributed by atoms with van der Waals surface area (Å²) in [6.45, 7) is 6.46. The van der Waals surface area contributed by atoms with Crippen molar-refractivity contribution < 1.29 is 4.79 Å². The lowest BCUT2D eigenvalue weighted by molar-refractivity contribution is -0.116. The maximum absolute atomic E-state index is 10.7. The Morgan fingerprint density at radius 1 is 1.73 bits per heavy atom. The molecule has 0 spiro atoms. The molecule has 0 aromatic rings. The van der Waals surface area contributed by atoms with Gasteiger partial charge >= 0.3 is 0 Å². The van der Waals surface area contributed by atoms with Crippen LogP contribution in [0.3, 0.4) is 0 Å². The second kappa shape index (κ2) is 3.56. The molecule has 0 unspecified atom stereocenters. The molecule has 0 saturated heterocycles. The summed E-state index contributed by atoms with van der Waals surface area (Å²) >= 11 is 0. The van der Waals surface area contributed by atoms with E-state index in [1.807, 2.05) is 0 Å². The number of carbonyl (C=O) groups excluding carboxylic acids is 1. The van der Waals surface area contributed by atoms with Crippen LogP contribution in [0.4, 0.5) is 0 Å². The Kier molecular flexibility index (Phi) is 2.69. The summed E-state index contributed by atoms with van der Waals surface area (Å²) in [5, 5.41) is 2.80. The second-order valence-corrected chi connectivity index (χ2v) is 3.39. The van der Waals surface area contributed by atoms with Gasteiger partial charge in [-0.05, 0) is 30.8 Å². The standard InChI is InChI=1S/C9H15NO/c1-3-9(11)10-6-8-4-7(2)5-8/h3,7-8H,1,4-6H2,2H3,(H,10,11). The zero-order valence-corrected chi connectivity index (χ0v) is 6.97. The van der Waals surface area contributed by atoms with Crippen LogP contribution >= 0.6 is 0 Å². The fourth-order valence-corrected chi connectivity index (χ4v) is 1.55. The van der Waals surface area contributed by atoms with Crippen molar-refractivity contribution in [2.24, 2.45) is 11.8 Å². The summed E-state index contributed by atoms with van der Waals surface area (Å²) in [5.41, 5.74) is 0. The third-order valence-electron chi connectivity index (χ3n) is 2.22. The minimum atomic E-state index is -0.0513. The number of carbonyl (C=O) groups is 1. The third-order valence-corrected chi connectivity index (χ3v) is 2.22. The third kappa shape index (κ3) is 2.37. The highest BCUT2D eigenvalue weighted by atomic mass is 16.1. The molecule has 1 aliphatic rings. The van der Waals surface area contributed by atoms with Gasteiger partial charge in [-0.2, -0.15) is 0 Å². The van der Waals surface area contributed by atoms with Crippen LogP contribution in [0, 0.1) is 11.8 Å². The van der Waals surface area contributed by atoms with Crippen LogP contribution in [-0.2, 0) is 4.79 Å². The van der Waals surface area contributed by atoms with Gasteiger partial charge in [-0.25, -0.2) is 0 Å². The van der Waals surface area contributed by atoms with Crippen molar-refractivity contribution in [2.75, 3.05) is 6.54 Å². The van der Waals surface area contributed by atoms with Gasteiger partial charge in [0, 0.05) is 6.54 Å². The Labute approximate surface area is 67.7 Å². The quantitative estimate of drug-likeness (QED) is 0.609. The van der Waals surface area contributed by atoms with E-state index < -0.39 is 0 Å². The molecule has 0 atom stereocenters. The van der Waals surface area contributed by atoms with Crippen LogP contribution in [0.1, 0.15) is 19.8 Å². The maximum Gasteiger partial charge on any atom is 0.243 e. The highest BCUT2D eigenvalue weighted by molar-refractivity contribution is 5.86. The predicted octanol–water partition coefficient (Wildman–Crippen LogP) is 1.33. The largest absolute Gasteiger partial charge is 0.352 e.